The predicted molar refractivity (Wildman–Crippen MR) is 166 cm³/mol. The number of hydrogen-bond donors (Lipinski definition) is 2. The van der Waals surface area contributed by atoms with Gasteiger partial charge in [0.2, 0.25) is 0 Å². The van der Waals surface area contributed by atoms with E-state index >= 15 is 4.39 Å². The van der Waals surface area contributed by atoms with E-state index in [4.69, 9.17) is 0 Å². The minimum atomic E-state index is -3.40. The van der Waals surface area contributed by atoms with Gasteiger partial charge in [-0.1, -0.05) is 24.3 Å². The Morgan fingerprint density at radius 2 is 1.62 bits per heavy atom. The highest BCUT2D eigenvalue weighted by atomic mass is 32.1. The molecule has 246 valence electrons. The molecule has 0 spiro atoms. The lowest BCUT2D eigenvalue weighted by Crippen LogP contribution is -2.39. The van der Waals surface area contributed by atoms with Crippen molar-refractivity contribution in [2.45, 2.75) is 19.7 Å². The molecule has 5 aromatic rings. The lowest BCUT2D eigenvalue weighted by atomic mass is 10.1. The van der Waals surface area contributed by atoms with Gasteiger partial charge in [0.1, 0.15) is 16.5 Å². The number of carbonyl (C=O) groups excluding carboxylic acids is 1. The number of thiophene rings is 1. The zero-order valence-electron chi connectivity index (χ0n) is 24.9. The van der Waals surface area contributed by atoms with Crippen LogP contribution in [0.25, 0.3) is 26.3 Å². The molecule has 2 N–H and O–H groups in total. The van der Waals surface area contributed by atoms with E-state index in [-0.39, 0.29) is 16.8 Å². The van der Waals surface area contributed by atoms with Gasteiger partial charge in [0.25, 0.3) is 5.56 Å². The first-order valence-electron chi connectivity index (χ1n) is 13.7. The monoisotopic (exact) mass is 675 g/mol. The number of fused-ring (bicyclic) bond motifs is 1. The number of carbonyl (C=O) groups is 1. The number of halogens is 5. The summed E-state index contributed by atoms with van der Waals surface area (Å²) in [6, 6.07) is 12.0. The topological polar surface area (TPSA) is 107 Å². The van der Waals surface area contributed by atoms with Crippen LogP contribution >= 0.6 is 11.3 Å². The normalized spacial score (nSPS) is 11.4. The second kappa shape index (κ2) is 13.7. The van der Waals surface area contributed by atoms with Gasteiger partial charge < -0.3 is 15.0 Å². The molecule has 0 atom stereocenters. The number of anilines is 1. The second-order valence-electron chi connectivity index (χ2n) is 10.3. The average molecular weight is 676 g/mol. The number of amides is 2. The number of benzene rings is 3. The number of aromatic nitrogens is 2. The van der Waals surface area contributed by atoms with E-state index in [9.17, 15) is 31.9 Å². The van der Waals surface area contributed by atoms with Gasteiger partial charge in [0.05, 0.1) is 24.7 Å². The smallest absolute Gasteiger partial charge is 0.387 e. The third kappa shape index (κ3) is 6.74. The molecule has 0 radical (unpaired) electrons. The van der Waals surface area contributed by atoms with Crippen molar-refractivity contribution in [1.29, 1.82) is 0 Å². The molecule has 16 heteroatoms. The summed E-state index contributed by atoms with van der Waals surface area (Å²) in [6.45, 7) is -3.96. The van der Waals surface area contributed by atoms with E-state index in [1.54, 1.807) is 43.3 Å². The summed E-state index contributed by atoms with van der Waals surface area (Å²) in [4.78, 5) is 47.0. The standard InChI is InChI=1S/C31H26F5N5O5S/c1-39(2)14-19-24-27(42)41(22-8-5-9-23(25(22)34)46-29(35)36)31(44)40(15-18-20(32)6-4-7-21(18)33)28(24)47-26(19)16-10-12-17(13-11-16)37-30(43)38-45-3/h4-13,29H,14-15H2,1-3H3,(H2,37,38,43). The highest BCUT2D eigenvalue weighted by Gasteiger charge is 2.27. The summed E-state index contributed by atoms with van der Waals surface area (Å²) < 4.78 is 77.0. The molecule has 0 aliphatic heterocycles. The molecule has 2 aromatic heterocycles. The first kappa shape index (κ1) is 33.3. The maximum absolute atomic E-state index is 15.6. The van der Waals surface area contributed by atoms with E-state index in [0.29, 0.717) is 26.3 Å². The maximum atomic E-state index is 15.6. The van der Waals surface area contributed by atoms with Gasteiger partial charge in [-0.2, -0.15) is 8.78 Å². The minimum absolute atomic E-state index is 0.0350. The SMILES string of the molecule is CONC(=O)Nc1ccc(-c2sc3c(c2CN(C)C)c(=O)n(-c2cccc(OC(F)F)c2F)c(=O)n3Cc2c(F)cccc2F)cc1. The zero-order chi connectivity index (χ0) is 34.0. The maximum Gasteiger partial charge on any atom is 0.387 e. The lowest BCUT2D eigenvalue weighted by Gasteiger charge is -2.16. The van der Waals surface area contributed by atoms with Crippen molar-refractivity contribution in [1.82, 2.24) is 19.5 Å². The molecule has 0 bridgehead atoms. The van der Waals surface area contributed by atoms with Gasteiger partial charge >= 0.3 is 18.3 Å². The Labute approximate surface area is 267 Å². The molecular weight excluding hydrogens is 649 g/mol. The molecule has 0 fully saturated rings. The Balaban J connectivity index is 1.82. The first-order chi connectivity index (χ1) is 22.4. The summed E-state index contributed by atoms with van der Waals surface area (Å²) in [6.07, 6.45) is 0. The molecule has 47 heavy (non-hydrogen) atoms. The first-order valence-corrected chi connectivity index (χ1v) is 14.6. The van der Waals surface area contributed by atoms with Crippen molar-refractivity contribution in [3.63, 3.8) is 0 Å². The average Bonchev–Trinajstić information content (AvgIpc) is 3.37. The Morgan fingerprint density at radius 1 is 0.957 bits per heavy atom. The highest BCUT2D eigenvalue weighted by Crippen LogP contribution is 2.38. The van der Waals surface area contributed by atoms with Gasteiger partial charge in [-0.15, -0.1) is 11.3 Å². The highest BCUT2D eigenvalue weighted by molar-refractivity contribution is 7.22. The summed E-state index contributed by atoms with van der Waals surface area (Å²) in [5.41, 5.74) is 0.117. The Kier molecular flexibility index (Phi) is 9.74. The van der Waals surface area contributed by atoms with E-state index in [2.05, 4.69) is 20.4 Å². The van der Waals surface area contributed by atoms with Gasteiger partial charge in [0.15, 0.2) is 11.6 Å². The van der Waals surface area contributed by atoms with Gasteiger partial charge in [0, 0.05) is 22.7 Å². The van der Waals surface area contributed by atoms with Crippen molar-refractivity contribution in [2.24, 2.45) is 0 Å². The molecule has 10 nitrogen and oxygen atoms in total. The summed E-state index contributed by atoms with van der Waals surface area (Å²) in [7, 11) is 4.72. The van der Waals surface area contributed by atoms with E-state index in [1.165, 1.54) is 7.11 Å². The van der Waals surface area contributed by atoms with E-state index in [1.807, 2.05) is 0 Å². The zero-order valence-corrected chi connectivity index (χ0v) is 25.8. The van der Waals surface area contributed by atoms with Crippen LogP contribution in [0.2, 0.25) is 0 Å². The van der Waals surface area contributed by atoms with Crippen LogP contribution in [-0.4, -0.2) is 47.9 Å². The number of nitrogens with one attached hydrogen (secondary N) is 2. The lowest BCUT2D eigenvalue weighted by molar-refractivity contribution is -0.0521. The van der Waals surface area contributed by atoms with Crippen LogP contribution in [0.1, 0.15) is 11.1 Å². The van der Waals surface area contributed by atoms with E-state index < -0.39 is 64.9 Å². The van der Waals surface area contributed by atoms with Crippen LogP contribution in [-0.2, 0) is 17.9 Å². The molecule has 3 aromatic carbocycles. The number of nitrogens with zero attached hydrogens (tertiary/aromatic N) is 3. The van der Waals surface area contributed by atoms with Crippen molar-refractivity contribution < 1.29 is 36.3 Å². The van der Waals surface area contributed by atoms with Crippen molar-refractivity contribution in [2.75, 3.05) is 26.5 Å². The molecule has 5 rings (SSSR count). The number of urea groups is 1. The predicted octanol–water partition coefficient (Wildman–Crippen LogP) is 5.69. The van der Waals surface area contributed by atoms with Crippen LogP contribution in [0.4, 0.5) is 32.4 Å². The van der Waals surface area contributed by atoms with Gasteiger partial charge in [-0.05, 0) is 61.6 Å². The number of hydroxylamine groups is 1. The second-order valence-corrected chi connectivity index (χ2v) is 11.3. The van der Waals surface area contributed by atoms with Gasteiger partial charge in [-0.3, -0.25) is 14.2 Å². The molecule has 0 unspecified atom stereocenters. The number of hydrogen-bond acceptors (Lipinski definition) is 7. The quantitative estimate of drug-likeness (QED) is 0.146. The largest absolute Gasteiger partial charge is 0.432 e. The van der Waals surface area contributed by atoms with Crippen LogP contribution < -0.4 is 26.8 Å². The molecular formula is C31H26F5N5O5S. The fourth-order valence-electron chi connectivity index (χ4n) is 4.98. The Hall–Kier alpha value is -5.06. The van der Waals surface area contributed by atoms with Gasteiger partial charge in [-0.25, -0.2) is 32.8 Å². The van der Waals surface area contributed by atoms with Crippen molar-refractivity contribution >= 4 is 33.3 Å². The van der Waals surface area contributed by atoms with Crippen LogP contribution in [0.3, 0.4) is 0 Å². The van der Waals surface area contributed by atoms with Crippen molar-refractivity contribution in [3.05, 3.63) is 110 Å². The third-order valence-electron chi connectivity index (χ3n) is 6.92. The molecule has 0 saturated carbocycles. The van der Waals surface area contributed by atoms with Crippen LogP contribution in [0.15, 0.2) is 70.3 Å². The number of ether oxygens (including phenoxy) is 1. The minimum Gasteiger partial charge on any atom is -0.432 e. The van der Waals surface area contributed by atoms with Crippen LogP contribution in [0.5, 0.6) is 5.75 Å². The fourth-order valence-corrected chi connectivity index (χ4v) is 6.28. The third-order valence-corrected chi connectivity index (χ3v) is 8.23. The number of rotatable bonds is 10. The summed E-state index contributed by atoms with van der Waals surface area (Å²) >= 11 is 0.993. The molecule has 0 aliphatic rings. The molecule has 2 amide bonds. The number of alkyl halides is 2. The Bertz CT molecular complexity index is 2060. The van der Waals surface area contributed by atoms with E-state index in [0.717, 1.165) is 52.3 Å². The molecule has 2 heterocycles. The Morgan fingerprint density at radius 3 is 2.23 bits per heavy atom. The molecule has 0 aliphatic carbocycles. The summed E-state index contributed by atoms with van der Waals surface area (Å²) in [5.74, 6) is -4.26. The molecule has 0 saturated heterocycles. The fraction of sp³-hybridized carbons (Fsp3) is 0.194. The van der Waals surface area contributed by atoms with Crippen LogP contribution in [0, 0.1) is 17.5 Å². The van der Waals surface area contributed by atoms with Crippen molar-refractivity contribution in [3.8, 4) is 21.9 Å². The summed E-state index contributed by atoms with van der Waals surface area (Å²) in [5, 5.41) is 2.50.